The van der Waals surface area contributed by atoms with Gasteiger partial charge in [0.1, 0.15) is 35.2 Å². The van der Waals surface area contributed by atoms with Crippen LogP contribution in [0.1, 0.15) is 90.4 Å². The summed E-state index contributed by atoms with van der Waals surface area (Å²) < 4.78 is 238. The van der Waals surface area contributed by atoms with E-state index in [1.54, 1.807) is 61.0 Å². The number of carboxylic acid groups (broad SMARTS) is 1. The smallest absolute Gasteiger partial charge is 0.433 e. The third kappa shape index (κ3) is 32.0. The average molecular weight is 2070 g/mol. The second-order valence-corrected chi connectivity index (χ2v) is 30.9. The van der Waals surface area contributed by atoms with Crippen molar-refractivity contribution < 1.29 is 133 Å². The number of aliphatic hydroxyl groups excluding tert-OH is 4. The molecule has 28 nitrogen and oxygen atoms in total. The van der Waals surface area contributed by atoms with Gasteiger partial charge in [0.05, 0.1) is 48.1 Å². The van der Waals surface area contributed by atoms with E-state index in [2.05, 4.69) is 111 Å². The number of carbonyl (C=O) groups is 5. The van der Waals surface area contributed by atoms with Crippen molar-refractivity contribution in [2.75, 3.05) is 124 Å². The number of anilines is 9. The molecule has 0 saturated heterocycles. The van der Waals surface area contributed by atoms with Crippen molar-refractivity contribution in [1.82, 2.24) is 44.9 Å². The molecule has 5 aliphatic rings. The molecule has 9 aromatic heterocycles. The van der Waals surface area contributed by atoms with E-state index >= 15 is 0 Å². The van der Waals surface area contributed by atoms with Gasteiger partial charge in [-0.05, 0) is 155 Å². The lowest BCUT2D eigenvalue weighted by Crippen LogP contribution is -2.32. The number of hydrogen-bond donors (Lipinski definition) is 9. The molecule has 5 aliphatic heterocycles. The highest BCUT2D eigenvalue weighted by atomic mass is 79.9. The van der Waals surface area contributed by atoms with Crippen molar-refractivity contribution >= 4 is 120 Å². The Kier molecular flexibility index (Phi) is 39.9. The number of hydrogen-bond acceptors (Lipinski definition) is 23. The van der Waals surface area contributed by atoms with E-state index in [0.29, 0.717) is 100 Å². The van der Waals surface area contributed by atoms with E-state index in [4.69, 9.17) is 24.5 Å². The lowest BCUT2D eigenvalue weighted by atomic mass is 10.1. The van der Waals surface area contributed by atoms with Crippen LogP contribution in [0.2, 0.25) is 0 Å². The number of carbonyl (C=O) groups excluding carboxylic acids is 4. The molecule has 0 aliphatic carbocycles. The maximum atomic E-state index is 14.3. The molecule has 0 spiro atoms. The minimum atomic E-state index is -4.56. The molecule has 0 aromatic carbocycles. The fourth-order valence-corrected chi connectivity index (χ4v) is 13.3. The van der Waals surface area contributed by atoms with E-state index in [1.165, 1.54) is 55.3 Å². The third-order valence-corrected chi connectivity index (χ3v) is 20.6. The molecule has 0 radical (unpaired) electrons. The van der Waals surface area contributed by atoms with Crippen molar-refractivity contribution in [1.29, 1.82) is 0 Å². The van der Waals surface area contributed by atoms with Gasteiger partial charge in [-0.1, -0.05) is 49.1 Å². The first kappa shape index (κ1) is 109. The number of aromatic nitrogens is 9. The van der Waals surface area contributed by atoms with E-state index in [0.717, 1.165) is 73.1 Å². The monoisotopic (exact) mass is 2070 g/mol. The summed E-state index contributed by atoms with van der Waals surface area (Å²) in [5.41, 5.74) is -0.703. The number of aliphatic carboxylic acids is 1. The highest BCUT2D eigenvalue weighted by Gasteiger charge is 2.36. The van der Waals surface area contributed by atoms with Crippen molar-refractivity contribution in [3.05, 3.63) is 289 Å². The molecule has 14 rings (SSSR count). The van der Waals surface area contributed by atoms with E-state index in [1.807, 2.05) is 6.92 Å². The first-order chi connectivity index (χ1) is 64.9. The van der Waals surface area contributed by atoms with Gasteiger partial charge in [0, 0.05) is 166 Å². The van der Waals surface area contributed by atoms with Crippen LogP contribution in [0.5, 0.6) is 0 Å². The second kappa shape index (κ2) is 50.3. The normalized spacial score (nSPS) is 14.7. The number of halogens is 21. The second-order valence-electron chi connectivity index (χ2n) is 29.1. The predicted molar refractivity (Wildman–Crippen MR) is 472 cm³/mol. The Morgan fingerprint density at radius 3 is 0.920 bits per heavy atom. The number of nitrogens with one attached hydrogen (secondary N) is 4. The van der Waals surface area contributed by atoms with Crippen LogP contribution in [0.25, 0.3) is 6.08 Å². The van der Waals surface area contributed by atoms with Gasteiger partial charge < -0.3 is 71.3 Å². The number of alkyl halides is 12. The minimum absolute atomic E-state index is 0.0223. The van der Waals surface area contributed by atoms with Gasteiger partial charge >= 0.3 is 30.7 Å². The molecule has 730 valence electrons. The highest BCUT2D eigenvalue weighted by Crippen LogP contribution is 2.36. The molecular formula is C88H81Br2F19N18O10. The fourth-order valence-electron chi connectivity index (χ4n) is 12.7. The zero-order chi connectivity index (χ0) is 101. The zero-order valence-electron chi connectivity index (χ0n) is 71.3. The van der Waals surface area contributed by atoms with Crippen LogP contribution in [-0.4, -0.2) is 179 Å². The molecule has 0 bridgehead atoms. The Balaban J connectivity index is 0.000000209. The van der Waals surface area contributed by atoms with Crippen molar-refractivity contribution in [2.45, 2.75) is 75.9 Å². The summed E-state index contributed by atoms with van der Waals surface area (Å²) in [6, 6.07) is 13.8. The van der Waals surface area contributed by atoms with E-state index in [-0.39, 0.29) is 115 Å². The maximum Gasteiger partial charge on any atom is 0.433 e. The largest absolute Gasteiger partial charge is 0.478 e. The maximum absolute atomic E-state index is 14.3. The lowest BCUT2D eigenvalue weighted by Gasteiger charge is -2.27. The molecular weight excluding hydrogens is 1990 g/mol. The summed E-state index contributed by atoms with van der Waals surface area (Å²) in [4.78, 5) is 102. The number of aliphatic hydroxyl groups is 4. The minimum Gasteiger partial charge on any atom is -0.478 e. The van der Waals surface area contributed by atoms with E-state index in [9.17, 15) is 109 Å². The van der Waals surface area contributed by atoms with Gasteiger partial charge in [0.25, 0.3) is 23.6 Å². The van der Waals surface area contributed by atoms with Gasteiger partial charge in [-0.2, -0.15) is 52.7 Å². The Hall–Kier alpha value is -13.7. The summed E-state index contributed by atoms with van der Waals surface area (Å²) in [6.45, 7) is 10.8. The summed E-state index contributed by atoms with van der Waals surface area (Å²) in [6.07, 6.45) is 2.53. The molecule has 4 amide bonds. The van der Waals surface area contributed by atoms with Crippen LogP contribution < -0.4 is 45.8 Å². The Morgan fingerprint density at radius 2 is 0.686 bits per heavy atom. The van der Waals surface area contributed by atoms with Crippen LogP contribution in [0, 0.1) is 29.1 Å². The van der Waals surface area contributed by atoms with Crippen molar-refractivity contribution in [3.63, 3.8) is 0 Å². The molecule has 9 aromatic rings. The van der Waals surface area contributed by atoms with Gasteiger partial charge in [-0.25, -0.2) is 71.6 Å². The molecule has 0 fully saturated rings. The van der Waals surface area contributed by atoms with Gasteiger partial charge in [-0.15, -0.1) is 6.58 Å². The summed E-state index contributed by atoms with van der Waals surface area (Å²) >= 11 is 6.28. The van der Waals surface area contributed by atoms with Gasteiger partial charge in [0.15, 0.2) is 58.2 Å². The SMILES string of the molecule is C=CC.C=Cc1cnc(N2CC=C(C(=O)Nc3ccc(C(F)(F)F)cn3)CC2)c(F)c1.FF.O=C(Nc1ccc(C(F)(F)F)cn1)C1=CCN(c2ncc(Br)cc2F)CC1.O=C(Nc1ccc(C(F)(F)F)nc1)C1=CCN(c2ncc([C@@H](O)CO)cc2F)CC1.O=C(Nc1ccc(C(F)(F)F)nc1)C1=CCN(c2ncc([C@H](O)CO)cc2F)CC1.O=C(O)C1=CCN(c2ncc(Br)cc2F)CC1. The number of allylic oxidation sites excluding steroid dienone is 1. The summed E-state index contributed by atoms with van der Waals surface area (Å²) in [5, 5.41) is 55.6. The van der Waals surface area contributed by atoms with Crippen molar-refractivity contribution in [3.8, 4) is 0 Å². The van der Waals surface area contributed by atoms with Gasteiger partial charge in [0.2, 0.25) is 0 Å². The molecule has 0 unspecified atom stereocenters. The first-order valence-electron chi connectivity index (χ1n) is 40.2. The molecule has 0 saturated carbocycles. The topological polar surface area (TPSA) is 367 Å². The van der Waals surface area contributed by atoms with Crippen molar-refractivity contribution in [2.24, 2.45) is 0 Å². The summed E-state index contributed by atoms with van der Waals surface area (Å²) in [5.74, 6) is -4.70. The number of rotatable bonds is 19. The highest BCUT2D eigenvalue weighted by molar-refractivity contribution is 9.10. The zero-order valence-corrected chi connectivity index (χ0v) is 74.5. The first-order valence-corrected chi connectivity index (χ1v) is 41.8. The third-order valence-electron chi connectivity index (χ3n) is 19.7. The number of carboxylic acids is 1. The summed E-state index contributed by atoms with van der Waals surface area (Å²) in [7, 11) is 0. The average Bonchev–Trinajstić information content (AvgIpc) is 0.802. The Labute approximate surface area is 783 Å². The molecule has 2 atom stereocenters. The van der Waals surface area contributed by atoms with E-state index < -0.39 is 131 Å². The Bertz CT molecular complexity index is 5710. The van der Waals surface area contributed by atoms with Crippen LogP contribution in [0.4, 0.5) is 136 Å². The standard InChI is InChI=1S/2C19H18F4N4O3.C19H16F4N4O.C17H13BrF4N4O.C11H10BrFN2O2.C3H6.F2/c2*20-14-7-12(15(29)10-28)8-25-17(14)27-5-3-11(4-6-27)18(30)26-13-1-2-16(24-9-13)19(21,22)23;1-2-12-9-15(20)17(25-10-12)27-7-5-13(6-8-27)18(28)26-16-4-3-14(11-24-16)19(21,22)23;18-12-7-13(19)15(24-9-12)26-5-3-10(4-6-26)16(27)25-14-2-1-11(8-23-14)17(20,21)22;12-8-5-9(13)10(14-6-8)15-3-1-7(2-4-15)11(16)17;1-3-2;1-2/h2*1-3,7-9,15,28-29H,4-6,10H2,(H,26,30);2-5,9-11H,1,6-8H2,(H,24,26,28);1-3,7-9H,4-6H2,(H,23,25,27);1,5-6H,2-4H2,(H,16,17);3H,1H2,2H3;/t2*15-;;;;;/m10...../s1. The van der Waals surface area contributed by atoms with Gasteiger partial charge in [-0.3, -0.25) is 19.2 Å². The molecule has 14 heterocycles. The van der Waals surface area contributed by atoms with Crippen LogP contribution >= 0.6 is 31.9 Å². The number of pyridine rings is 9. The predicted octanol–water partition coefficient (Wildman–Crippen LogP) is 17.3. The molecule has 49 heteroatoms. The molecule has 9 N–H and O–H groups in total. The van der Waals surface area contributed by atoms with Crippen LogP contribution in [0.3, 0.4) is 0 Å². The number of nitrogens with zero attached hydrogens (tertiary/aromatic N) is 14. The Morgan fingerprint density at radius 1 is 0.394 bits per heavy atom. The fraction of sp³-hybridized carbons (Fsp3) is 0.273. The lowest BCUT2D eigenvalue weighted by molar-refractivity contribution is -0.141. The van der Waals surface area contributed by atoms with Crippen LogP contribution in [0.15, 0.2) is 221 Å². The van der Waals surface area contributed by atoms with Crippen LogP contribution in [-0.2, 0) is 48.7 Å². The molecule has 137 heavy (non-hydrogen) atoms. The number of amides is 4. The quantitative estimate of drug-likeness (QED) is 0.0268.